The molecule has 2 rings (SSSR count). The van der Waals surface area contributed by atoms with Gasteiger partial charge < -0.3 is 26.4 Å². The first-order chi connectivity index (χ1) is 11.9. The molecule has 8 heteroatoms. The molecule has 130 valence electrons. The predicted molar refractivity (Wildman–Crippen MR) is 90.7 cm³/mol. The van der Waals surface area contributed by atoms with Crippen molar-refractivity contribution in [3.63, 3.8) is 0 Å². The van der Waals surface area contributed by atoms with Crippen LogP contribution in [0.25, 0.3) is 5.70 Å². The van der Waals surface area contributed by atoms with E-state index >= 15 is 0 Å². The molecule has 0 aliphatic rings. The molecule has 0 saturated heterocycles. The lowest BCUT2D eigenvalue weighted by Crippen LogP contribution is -2.19. The van der Waals surface area contributed by atoms with Crippen molar-refractivity contribution >= 4 is 17.9 Å². The molecule has 0 spiro atoms. The summed E-state index contributed by atoms with van der Waals surface area (Å²) in [4.78, 5) is 15.2. The highest BCUT2D eigenvalue weighted by atomic mass is 19.1. The molecular weight excluding hydrogens is 329 g/mol. The van der Waals surface area contributed by atoms with Gasteiger partial charge in [-0.25, -0.2) is 14.2 Å². The van der Waals surface area contributed by atoms with E-state index in [2.05, 4.69) is 10.3 Å². The predicted octanol–water partition coefficient (Wildman–Crippen LogP) is 2.22. The Morgan fingerprint density at radius 3 is 2.48 bits per heavy atom. The van der Waals surface area contributed by atoms with Gasteiger partial charge in [-0.1, -0.05) is 12.1 Å². The fourth-order valence-electron chi connectivity index (χ4n) is 1.90. The number of phenolic OH excluding ortho intramolecular Hbond substituents is 3. The van der Waals surface area contributed by atoms with Gasteiger partial charge in [0.05, 0.1) is 0 Å². The van der Waals surface area contributed by atoms with Gasteiger partial charge in [-0.05, 0) is 35.9 Å². The number of hydrogen-bond acceptors (Lipinski definition) is 5. The van der Waals surface area contributed by atoms with Crippen LogP contribution in [-0.2, 0) is 6.54 Å². The molecule has 25 heavy (non-hydrogen) atoms. The van der Waals surface area contributed by atoms with Crippen molar-refractivity contribution in [1.82, 2.24) is 5.32 Å². The fraction of sp³-hybridized carbons (Fsp3) is 0.0588. The van der Waals surface area contributed by atoms with Crippen molar-refractivity contribution in [3.05, 3.63) is 59.4 Å². The summed E-state index contributed by atoms with van der Waals surface area (Å²) < 4.78 is 12.8. The number of aliphatic imine (C=N–C) groups is 1. The maximum Gasteiger partial charge on any atom is 0.341 e. The van der Waals surface area contributed by atoms with E-state index in [-0.39, 0.29) is 23.6 Å². The van der Waals surface area contributed by atoms with Crippen molar-refractivity contribution in [1.29, 1.82) is 0 Å². The molecule has 0 aliphatic carbocycles. The average Bonchev–Trinajstić information content (AvgIpc) is 2.59. The van der Waals surface area contributed by atoms with Crippen LogP contribution in [0, 0.1) is 5.82 Å². The van der Waals surface area contributed by atoms with E-state index in [0.29, 0.717) is 5.56 Å². The van der Waals surface area contributed by atoms with Crippen LogP contribution in [0.4, 0.5) is 9.18 Å². The van der Waals surface area contributed by atoms with Crippen molar-refractivity contribution in [2.75, 3.05) is 0 Å². The number of rotatable bonds is 4. The van der Waals surface area contributed by atoms with Crippen molar-refractivity contribution in [2.24, 2.45) is 10.7 Å². The molecule has 0 atom stereocenters. The number of hydrogen-bond donors (Lipinski definition) is 5. The van der Waals surface area contributed by atoms with Crippen LogP contribution >= 0.6 is 0 Å². The van der Waals surface area contributed by atoms with Crippen LogP contribution in [0.15, 0.2) is 47.5 Å². The quantitative estimate of drug-likeness (QED) is 0.429. The molecule has 6 N–H and O–H groups in total. The third-order valence-electron chi connectivity index (χ3n) is 3.24. The molecule has 2 amide bonds. The fourth-order valence-corrected chi connectivity index (χ4v) is 1.90. The minimum atomic E-state index is -0.692. The second-order valence-electron chi connectivity index (χ2n) is 5.01. The van der Waals surface area contributed by atoms with Gasteiger partial charge in [0.2, 0.25) is 5.75 Å². The normalized spacial score (nSPS) is 11.6. The molecule has 2 aromatic rings. The molecule has 0 saturated carbocycles. The minimum Gasteiger partial charge on any atom is -0.504 e. The van der Waals surface area contributed by atoms with E-state index in [4.69, 9.17) is 5.73 Å². The summed E-state index contributed by atoms with van der Waals surface area (Å²) in [5.74, 6) is -2.12. The Balaban J connectivity index is 1.96. The number of aromatic hydroxyl groups is 3. The van der Waals surface area contributed by atoms with Crippen LogP contribution in [0.1, 0.15) is 11.1 Å². The summed E-state index contributed by atoms with van der Waals surface area (Å²) in [5.41, 5.74) is 6.55. The van der Waals surface area contributed by atoms with E-state index in [9.17, 15) is 24.5 Å². The highest BCUT2D eigenvalue weighted by Gasteiger charge is 2.12. The number of nitrogens with one attached hydrogen (secondary N) is 1. The monoisotopic (exact) mass is 345 g/mol. The molecule has 0 fully saturated rings. The number of halogens is 1. The molecular formula is C17H16FN3O4. The van der Waals surface area contributed by atoms with E-state index in [1.807, 2.05) is 0 Å². The first kappa shape index (κ1) is 17.8. The Morgan fingerprint density at radius 1 is 1.12 bits per heavy atom. The second-order valence-corrected chi connectivity index (χ2v) is 5.01. The smallest absolute Gasteiger partial charge is 0.341 e. The van der Waals surface area contributed by atoms with Crippen LogP contribution in [-0.4, -0.2) is 27.6 Å². The van der Waals surface area contributed by atoms with Crippen molar-refractivity contribution in [3.8, 4) is 17.2 Å². The summed E-state index contributed by atoms with van der Waals surface area (Å²) in [6.07, 6.45) is 2.38. The molecule has 0 aliphatic heterocycles. The maximum absolute atomic E-state index is 12.8. The summed E-state index contributed by atoms with van der Waals surface area (Å²) in [5, 5.41) is 30.9. The van der Waals surface area contributed by atoms with Crippen molar-refractivity contribution in [2.45, 2.75) is 6.54 Å². The number of benzene rings is 2. The number of amides is 2. The van der Waals surface area contributed by atoms with Gasteiger partial charge in [0.25, 0.3) is 0 Å². The number of carbonyl (C=O) groups excluding carboxylic acids is 1. The van der Waals surface area contributed by atoms with Gasteiger partial charge >= 0.3 is 6.03 Å². The number of phenols is 3. The second kappa shape index (κ2) is 7.82. The van der Waals surface area contributed by atoms with Crippen molar-refractivity contribution < 1.29 is 24.5 Å². The van der Waals surface area contributed by atoms with Crippen LogP contribution in [0.2, 0.25) is 0 Å². The number of urea groups is 1. The summed E-state index contributed by atoms with van der Waals surface area (Å²) in [7, 11) is 0. The van der Waals surface area contributed by atoms with Gasteiger partial charge in [0.15, 0.2) is 11.5 Å². The van der Waals surface area contributed by atoms with Gasteiger partial charge in [-0.15, -0.1) is 0 Å². The van der Waals surface area contributed by atoms with Gasteiger partial charge in [0, 0.05) is 24.0 Å². The lowest BCUT2D eigenvalue weighted by molar-refractivity contribution is 0.249. The molecule has 0 radical (unpaired) electrons. The number of carbonyl (C=O) groups is 1. The van der Waals surface area contributed by atoms with E-state index in [1.165, 1.54) is 36.4 Å². The van der Waals surface area contributed by atoms with Crippen LogP contribution in [0.3, 0.4) is 0 Å². The minimum absolute atomic E-state index is 0.0304. The molecule has 0 heterocycles. The van der Waals surface area contributed by atoms with Crippen LogP contribution < -0.4 is 11.1 Å². The number of nitrogens with two attached hydrogens (primary N) is 1. The largest absolute Gasteiger partial charge is 0.504 e. The summed E-state index contributed by atoms with van der Waals surface area (Å²) in [6.45, 7) is 0.183. The van der Waals surface area contributed by atoms with Crippen LogP contribution in [0.5, 0.6) is 17.2 Å². The first-order valence-corrected chi connectivity index (χ1v) is 7.15. The Kier molecular flexibility index (Phi) is 5.57. The lowest BCUT2D eigenvalue weighted by atomic mass is 10.1. The average molecular weight is 345 g/mol. The summed E-state index contributed by atoms with van der Waals surface area (Å²) >= 11 is 0. The Labute approximate surface area is 142 Å². The van der Waals surface area contributed by atoms with E-state index in [0.717, 1.165) is 12.3 Å². The van der Waals surface area contributed by atoms with Gasteiger partial charge in [-0.3, -0.25) is 0 Å². The SMILES string of the molecule is NC(=CC=NC(=O)NCc1ccc(F)cc1)c1ccc(O)c(O)c1O. The first-order valence-electron chi connectivity index (χ1n) is 7.15. The van der Waals surface area contributed by atoms with Gasteiger partial charge in [0.1, 0.15) is 5.82 Å². The topological polar surface area (TPSA) is 128 Å². The zero-order valence-corrected chi connectivity index (χ0v) is 13.0. The molecule has 7 nitrogen and oxygen atoms in total. The highest BCUT2D eigenvalue weighted by molar-refractivity contribution is 5.92. The Hall–Kier alpha value is -3.55. The zero-order chi connectivity index (χ0) is 18.4. The Morgan fingerprint density at radius 2 is 1.80 bits per heavy atom. The number of nitrogens with zero attached hydrogens (tertiary/aromatic N) is 1. The molecule has 0 bridgehead atoms. The standard InChI is InChI=1S/C17H16FN3O4/c18-11-3-1-10(2-4-11)9-21-17(25)20-8-7-13(19)12-5-6-14(22)16(24)15(12)23/h1-8,22-24H,9,19H2,(H,21,25). The Bertz CT molecular complexity index is 833. The molecule has 2 aromatic carbocycles. The third-order valence-corrected chi connectivity index (χ3v) is 3.24. The molecule has 0 unspecified atom stereocenters. The van der Waals surface area contributed by atoms with E-state index < -0.39 is 23.3 Å². The third kappa shape index (κ3) is 4.71. The van der Waals surface area contributed by atoms with Gasteiger partial charge in [-0.2, -0.15) is 0 Å². The molecule has 0 aromatic heterocycles. The highest BCUT2D eigenvalue weighted by Crippen LogP contribution is 2.38. The zero-order valence-electron chi connectivity index (χ0n) is 13.0. The maximum atomic E-state index is 12.8. The number of allylic oxidation sites excluding steroid dienone is 1. The van der Waals surface area contributed by atoms with E-state index in [1.54, 1.807) is 0 Å². The summed E-state index contributed by atoms with van der Waals surface area (Å²) in [6, 6.07) is 7.48. The lowest BCUT2D eigenvalue weighted by Gasteiger charge is -2.07.